The highest BCUT2D eigenvalue weighted by molar-refractivity contribution is 7.89. The van der Waals surface area contributed by atoms with Gasteiger partial charge in [-0.2, -0.15) is 0 Å². The van der Waals surface area contributed by atoms with E-state index < -0.39 is 16.0 Å². The van der Waals surface area contributed by atoms with Gasteiger partial charge in [0.25, 0.3) is 0 Å². The second-order valence-electron chi connectivity index (χ2n) is 3.56. The van der Waals surface area contributed by atoms with Crippen molar-refractivity contribution in [3.8, 4) is 0 Å². The van der Waals surface area contributed by atoms with Gasteiger partial charge in [0.2, 0.25) is 15.8 Å². The molecule has 0 saturated heterocycles. The van der Waals surface area contributed by atoms with Crippen LogP contribution in [-0.2, 0) is 16.6 Å². The van der Waals surface area contributed by atoms with Crippen LogP contribution in [0, 0.1) is 0 Å². The molecule has 0 bridgehead atoms. The van der Waals surface area contributed by atoms with Gasteiger partial charge in [-0.05, 0) is 12.1 Å². The fraction of sp³-hybridized carbons (Fsp3) is 0.500. The van der Waals surface area contributed by atoms with Gasteiger partial charge in [0.15, 0.2) is 0 Å². The molecule has 1 aromatic heterocycles. The van der Waals surface area contributed by atoms with Crippen molar-refractivity contribution in [1.29, 1.82) is 0 Å². The van der Waals surface area contributed by atoms with Crippen molar-refractivity contribution < 1.29 is 22.7 Å². The molecule has 1 rings (SSSR count). The highest BCUT2D eigenvalue weighted by Gasteiger charge is 2.10. The molecule has 0 fully saturated rings. The Morgan fingerprint density at radius 3 is 2.72 bits per heavy atom. The van der Waals surface area contributed by atoms with E-state index in [1.807, 2.05) is 0 Å². The summed E-state index contributed by atoms with van der Waals surface area (Å²) in [4.78, 5) is 10.5. The van der Waals surface area contributed by atoms with Gasteiger partial charge in [0.05, 0.1) is 12.3 Å². The smallest absolute Gasteiger partial charge is 0.371 e. The molecular formula is C10H16N2O5S. The molecule has 0 unspecified atom stereocenters. The minimum absolute atomic E-state index is 0.0344. The van der Waals surface area contributed by atoms with Crippen LogP contribution in [0.3, 0.4) is 0 Å². The summed E-state index contributed by atoms with van der Waals surface area (Å²) in [5.41, 5.74) is 0. The zero-order valence-electron chi connectivity index (χ0n) is 9.97. The lowest BCUT2D eigenvalue weighted by molar-refractivity contribution is 0.0660. The molecule has 0 aliphatic carbocycles. The third-order valence-corrected chi connectivity index (χ3v) is 3.55. The average molecular weight is 276 g/mol. The second-order valence-corrected chi connectivity index (χ2v) is 5.49. The van der Waals surface area contributed by atoms with Crippen molar-refractivity contribution in [2.24, 2.45) is 0 Å². The maximum absolute atomic E-state index is 11.3. The first-order valence-corrected chi connectivity index (χ1v) is 7.10. The van der Waals surface area contributed by atoms with Gasteiger partial charge in [-0.15, -0.1) is 0 Å². The third kappa shape index (κ3) is 4.86. The lowest BCUT2D eigenvalue weighted by Crippen LogP contribution is -2.31. The van der Waals surface area contributed by atoms with Gasteiger partial charge in [-0.25, -0.2) is 17.9 Å². The number of rotatable bonds is 8. The SMILES string of the molecule is CCNS(=O)(=O)CCNCc1ccc(C(=O)O)o1. The highest BCUT2D eigenvalue weighted by Crippen LogP contribution is 2.07. The van der Waals surface area contributed by atoms with Crippen molar-refractivity contribution >= 4 is 16.0 Å². The summed E-state index contributed by atoms with van der Waals surface area (Å²) in [5, 5.41) is 11.5. The van der Waals surface area contributed by atoms with E-state index in [9.17, 15) is 13.2 Å². The van der Waals surface area contributed by atoms with Gasteiger partial charge >= 0.3 is 5.97 Å². The van der Waals surface area contributed by atoms with Crippen molar-refractivity contribution in [2.75, 3.05) is 18.8 Å². The topological polar surface area (TPSA) is 109 Å². The average Bonchev–Trinajstić information content (AvgIpc) is 2.73. The molecule has 3 N–H and O–H groups in total. The predicted molar refractivity (Wildman–Crippen MR) is 64.8 cm³/mol. The molecule has 18 heavy (non-hydrogen) atoms. The minimum Gasteiger partial charge on any atom is -0.475 e. The third-order valence-electron chi connectivity index (χ3n) is 2.08. The number of nitrogens with one attached hydrogen (secondary N) is 2. The summed E-state index contributed by atoms with van der Waals surface area (Å²) in [6.45, 7) is 2.62. The van der Waals surface area contributed by atoms with Gasteiger partial charge in [-0.1, -0.05) is 6.92 Å². The molecule has 0 amide bonds. The number of carboxylic acids is 1. The molecule has 0 aliphatic heterocycles. The molecule has 1 heterocycles. The summed E-state index contributed by atoms with van der Waals surface area (Å²) in [6.07, 6.45) is 0. The first kappa shape index (κ1) is 14.7. The summed E-state index contributed by atoms with van der Waals surface area (Å²) in [6, 6.07) is 2.89. The van der Waals surface area contributed by atoms with Crippen LogP contribution >= 0.6 is 0 Å². The zero-order chi connectivity index (χ0) is 13.6. The number of furan rings is 1. The van der Waals surface area contributed by atoms with Crippen LogP contribution in [0.15, 0.2) is 16.5 Å². The summed E-state index contributed by atoms with van der Waals surface area (Å²) in [7, 11) is -3.23. The molecule has 0 radical (unpaired) electrons. The summed E-state index contributed by atoms with van der Waals surface area (Å²) >= 11 is 0. The van der Waals surface area contributed by atoms with E-state index in [-0.39, 0.29) is 24.6 Å². The quantitative estimate of drug-likeness (QED) is 0.577. The van der Waals surface area contributed by atoms with Crippen LogP contribution in [0.2, 0.25) is 0 Å². The number of hydrogen-bond donors (Lipinski definition) is 3. The molecule has 0 saturated carbocycles. The van der Waals surface area contributed by atoms with Crippen molar-refractivity contribution in [3.05, 3.63) is 23.7 Å². The standard InChI is InChI=1S/C10H16N2O5S/c1-2-12-18(15,16)6-5-11-7-8-3-4-9(17-8)10(13)14/h3-4,11-12H,2,5-7H2,1H3,(H,13,14). The molecule has 0 atom stereocenters. The maximum atomic E-state index is 11.3. The Morgan fingerprint density at radius 2 is 2.17 bits per heavy atom. The largest absolute Gasteiger partial charge is 0.475 e. The maximum Gasteiger partial charge on any atom is 0.371 e. The molecule has 0 aliphatic rings. The number of carbonyl (C=O) groups is 1. The van der Waals surface area contributed by atoms with Crippen LogP contribution in [0.4, 0.5) is 0 Å². The van der Waals surface area contributed by atoms with E-state index in [1.54, 1.807) is 6.92 Å². The first-order chi connectivity index (χ1) is 8.44. The zero-order valence-corrected chi connectivity index (χ0v) is 10.8. The predicted octanol–water partition coefficient (Wildman–Crippen LogP) is 0.00670. The number of carboxylic acid groups (broad SMARTS) is 1. The lowest BCUT2D eigenvalue weighted by atomic mass is 10.4. The highest BCUT2D eigenvalue weighted by atomic mass is 32.2. The van der Waals surface area contributed by atoms with Crippen molar-refractivity contribution in [1.82, 2.24) is 10.0 Å². The van der Waals surface area contributed by atoms with E-state index in [4.69, 9.17) is 9.52 Å². The van der Waals surface area contributed by atoms with Gasteiger partial charge in [0.1, 0.15) is 5.76 Å². The monoisotopic (exact) mass is 276 g/mol. The number of aromatic carboxylic acids is 1. The Hall–Kier alpha value is -1.38. The lowest BCUT2D eigenvalue weighted by Gasteiger charge is -2.04. The molecule has 8 heteroatoms. The van der Waals surface area contributed by atoms with E-state index in [1.165, 1.54) is 12.1 Å². The summed E-state index contributed by atoms with van der Waals surface area (Å²) in [5.74, 6) is -0.843. The number of hydrogen-bond acceptors (Lipinski definition) is 5. The fourth-order valence-corrected chi connectivity index (χ4v) is 2.30. The van der Waals surface area contributed by atoms with Gasteiger partial charge in [-0.3, -0.25) is 0 Å². The van der Waals surface area contributed by atoms with E-state index in [0.717, 1.165) is 0 Å². The number of sulfonamides is 1. The minimum atomic E-state index is -3.23. The van der Waals surface area contributed by atoms with Gasteiger partial charge < -0.3 is 14.8 Å². The Morgan fingerprint density at radius 1 is 1.44 bits per heavy atom. The fourth-order valence-electron chi connectivity index (χ4n) is 1.30. The normalized spacial score (nSPS) is 11.6. The first-order valence-electron chi connectivity index (χ1n) is 5.44. The van der Waals surface area contributed by atoms with E-state index in [2.05, 4.69) is 10.0 Å². The molecule has 7 nitrogen and oxygen atoms in total. The molecular weight excluding hydrogens is 260 g/mol. The molecule has 102 valence electrons. The Kier molecular flexibility index (Phi) is 5.32. The van der Waals surface area contributed by atoms with Crippen LogP contribution in [0.1, 0.15) is 23.2 Å². The van der Waals surface area contributed by atoms with Crippen LogP contribution < -0.4 is 10.0 Å². The molecule has 0 spiro atoms. The molecule has 0 aromatic carbocycles. The van der Waals surface area contributed by atoms with Crippen LogP contribution in [-0.4, -0.2) is 38.3 Å². The Balaban J connectivity index is 2.31. The Bertz CT molecular complexity index is 494. The second kappa shape index (κ2) is 6.53. The van der Waals surface area contributed by atoms with Crippen LogP contribution in [0.25, 0.3) is 0 Å². The molecule has 1 aromatic rings. The van der Waals surface area contributed by atoms with E-state index >= 15 is 0 Å². The van der Waals surface area contributed by atoms with E-state index in [0.29, 0.717) is 12.3 Å². The summed E-state index contributed by atoms with van der Waals surface area (Å²) < 4.78 is 29.9. The van der Waals surface area contributed by atoms with Gasteiger partial charge in [0, 0.05) is 13.1 Å². The van der Waals surface area contributed by atoms with Crippen LogP contribution in [0.5, 0.6) is 0 Å². The Labute approximate surface area is 105 Å². The van der Waals surface area contributed by atoms with Crippen molar-refractivity contribution in [2.45, 2.75) is 13.5 Å². The van der Waals surface area contributed by atoms with Crippen molar-refractivity contribution in [3.63, 3.8) is 0 Å².